The van der Waals surface area contributed by atoms with Crippen molar-refractivity contribution in [1.29, 1.82) is 0 Å². The van der Waals surface area contributed by atoms with E-state index in [1.165, 1.54) is 0 Å². The summed E-state index contributed by atoms with van der Waals surface area (Å²) in [5.41, 5.74) is 9.95. The summed E-state index contributed by atoms with van der Waals surface area (Å²) in [6.07, 6.45) is 0. The summed E-state index contributed by atoms with van der Waals surface area (Å²) in [6, 6.07) is 58.5. The lowest BCUT2D eigenvalue weighted by Crippen LogP contribution is -2.06. The second kappa shape index (κ2) is 11.4. The Hall–Kier alpha value is -6.85. The third-order valence-corrected chi connectivity index (χ3v) is 9.49. The molecule has 0 atom stereocenters. The van der Waals surface area contributed by atoms with Crippen molar-refractivity contribution < 1.29 is 4.42 Å². The van der Waals surface area contributed by atoms with Gasteiger partial charge in [-0.3, -0.25) is 4.57 Å². The Kier molecular flexibility index (Phi) is 6.42. The molecule has 0 bridgehead atoms. The maximum absolute atomic E-state index is 6.81. The van der Waals surface area contributed by atoms with Crippen LogP contribution in [0.4, 0.5) is 0 Å². The molecular formula is C45H28N4O. The summed E-state index contributed by atoms with van der Waals surface area (Å²) in [5, 5.41) is 4.29. The summed E-state index contributed by atoms with van der Waals surface area (Å²) < 4.78 is 8.95. The van der Waals surface area contributed by atoms with Crippen molar-refractivity contribution in [1.82, 2.24) is 19.5 Å². The van der Waals surface area contributed by atoms with Gasteiger partial charge in [-0.1, -0.05) is 146 Å². The number of fused-ring (bicyclic) bond motifs is 7. The van der Waals surface area contributed by atoms with Crippen LogP contribution in [0.25, 0.3) is 94.7 Å². The van der Waals surface area contributed by atoms with Gasteiger partial charge in [0.05, 0.1) is 5.52 Å². The standard InChI is InChI=1S/C45H28N4O/c1-4-12-29(13-5-1)31-20-22-33(23-21-31)44-46-43(32-16-8-3-9-17-32)47-45(48-44)49-39-19-11-10-18-35(39)37-26-27-38-36-25-24-34(30-14-6-2-7-15-30)28-40(36)50-42(38)41(37)49/h1-28H. The van der Waals surface area contributed by atoms with E-state index in [0.29, 0.717) is 17.6 Å². The molecule has 3 aromatic heterocycles. The Morgan fingerprint density at radius 2 is 0.880 bits per heavy atom. The van der Waals surface area contributed by atoms with Crippen molar-refractivity contribution in [3.63, 3.8) is 0 Å². The first-order valence-electron chi connectivity index (χ1n) is 16.7. The van der Waals surface area contributed by atoms with Crippen LogP contribution in [-0.2, 0) is 0 Å². The molecular weight excluding hydrogens is 613 g/mol. The SMILES string of the molecule is c1ccc(-c2ccc(-c3nc(-c4ccccc4)nc(-n4c5ccccc5c5ccc6c7ccc(-c8ccccc8)cc7oc6c54)n3)cc2)cc1. The third-order valence-electron chi connectivity index (χ3n) is 9.49. The fraction of sp³-hybridized carbons (Fsp3) is 0. The lowest BCUT2D eigenvalue weighted by Gasteiger charge is -2.11. The molecule has 0 saturated heterocycles. The normalized spacial score (nSPS) is 11.6. The van der Waals surface area contributed by atoms with Gasteiger partial charge in [0.25, 0.3) is 0 Å². The molecule has 50 heavy (non-hydrogen) atoms. The number of para-hydroxylation sites is 1. The second-order valence-electron chi connectivity index (χ2n) is 12.5. The van der Waals surface area contributed by atoms with E-state index in [2.05, 4.69) is 132 Å². The van der Waals surface area contributed by atoms with E-state index in [9.17, 15) is 0 Å². The molecule has 5 nitrogen and oxygen atoms in total. The van der Waals surface area contributed by atoms with E-state index < -0.39 is 0 Å². The van der Waals surface area contributed by atoms with Gasteiger partial charge >= 0.3 is 0 Å². The highest BCUT2D eigenvalue weighted by Gasteiger charge is 2.22. The van der Waals surface area contributed by atoms with Crippen molar-refractivity contribution in [2.45, 2.75) is 0 Å². The molecule has 0 unspecified atom stereocenters. The maximum atomic E-state index is 6.81. The summed E-state index contributed by atoms with van der Waals surface area (Å²) in [7, 11) is 0. The van der Waals surface area contributed by atoms with Crippen LogP contribution in [0.15, 0.2) is 174 Å². The van der Waals surface area contributed by atoms with E-state index >= 15 is 0 Å². The van der Waals surface area contributed by atoms with Gasteiger partial charge in [0.15, 0.2) is 17.2 Å². The molecule has 10 aromatic rings. The van der Waals surface area contributed by atoms with Crippen molar-refractivity contribution in [3.05, 3.63) is 170 Å². The fourth-order valence-corrected chi connectivity index (χ4v) is 7.05. The van der Waals surface area contributed by atoms with Crippen LogP contribution >= 0.6 is 0 Å². The summed E-state index contributed by atoms with van der Waals surface area (Å²) in [4.78, 5) is 15.4. The van der Waals surface area contributed by atoms with Gasteiger partial charge in [-0.2, -0.15) is 9.97 Å². The Balaban J connectivity index is 1.23. The van der Waals surface area contributed by atoms with Crippen LogP contribution in [0.2, 0.25) is 0 Å². The summed E-state index contributed by atoms with van der Waals surface area (Å²) in [6.45, 7) is 0. The first kappa shape index (κ1) is 28.2. The first-order valence-corrected chi connectivity index (χ1v) is 16.7. The van der Waals surface area contributed by atoms with Crippen LogP contribution in [-0.4, -0.2) is 19.5 Å². The minimum absolute atomic E-state index is 0.533. The molecule has 0 aliphatic carbocycles. The number of nitrogens with zero attached hydrogens (tertiary/aromatic N) is 4. The number of benzene rings is 7. The van der Waals surface area contributed by atoms with Gasteiger partial charge in [-0.05, 0) is 46.5 Å². The fourth-order valence-electron chi connectivity index (χ4n) is 7.05. The molecule has 0 radical (unpaired) electrons. The first-order chi connectivity index (χ1) is 24.8. The van der Waals surface area contributed by atoms with Crippen LogP contribution < -0.4 is 0 Å². The molecule has 0 amide bonds. The minimum atomic E-state index is 0.533. The predicted octanol–water partition coefficient (Wildman–Crippen LogP) is 11.5. The molecule has 0 N–H and O–H groups in total. The zero-order valence-corrected chi connectivity index (χ0v) is 26.9. The molecule has 0 saturated carbocycles. The highest BCUT2D eigenvalue weighted by Crippen LogP contribution is 2.41. The zero-order chi connectivity index (χ0) is 33.0. The number of rotatable bonds is 5. The van der Waals surface area contributed by atoms with Gasteiger partial charge in [0.2, 0.25) is 5.95 Å². The summed E-state index contributed by atoms with van der Waals surface area (Å²) in [5.74, 6) is 1.74. The Bertz CT molecular complexity index is 2840. The molecule has 7 aromatic carbocycles. The Morgan fingerprint density at radius 1 is 0.380 bits per heavy atom. The third kappa shape index (κ3) is 4.60. The average Bonchev–Trinajstić information content (AvgIpc) is 3.74. The van der Waals surface area contributed by atoms with Gasteiger partial charge in [0.1, 0.15) is 11.1 Å². The molecule has 0 aliphatic heterocycles. The molecule has 0 spiro atoms. The molecule has 0 aliphatic rings. The highest BCUT2D eigenvalue weighted by molar-refractivity contribution is 6.21. The highest BCUT2D eigenvalue weighted by atomic mass is 16.3. The average molecular weight is 641 g/mol. The van der Waals surface area contributed by atoms with E-state index in [1.807, 2.05) is 42.5 Å². The number of hydrogen-bond acceptors (Lipinski definition) is 4. The maximum Gasteiger partial charge on any atom is 0.238 e. The predicted molar refractivity (Wildman–Crippen MR) is 203 cm³/mol. The van der Waals surface area contributed by atoms with E-state index in [1.54, 1.807) is 0 Å². The largest absolute Gasteiger partial charge is 0.454 e. The van der Waals surface area contributed by atoms with E-state index in [4.69, 9.17) is 19.4 Å². The molecule has 0 fully saturated rings. The lowest BCUT2D eigenvalue weighted by molar-refractivity contribution is 0.671. The number of aromatic nitrogens is 4. The van der Waals surface area contributed by atoms with Crippen molar-refractivity contribution in [2.24, 2.45) is 0 Å². The van der Waals surface area contributed by atoms with Crippen molar-refractivity contribution >= 4 is 43.7 Å². The van der Waals surface area contributed by atoms with Gasteiger partial charge < -0.3 is 4.42 Å². The molecule has 234 valence electrons. The van der Waals surface area contributed by atoms with Crippen molar-refractivity contribution in [2.75, 3.05) is 0 Å². The second-order valence-corrected chi connectivity index (χ2v) is 12.5. The van der Waals surface area contributed by atoms with E-state index in [-0.39, 0.29) is 0 Å². The van der Waals surface area contributed by atoms with Gasteiger partial charge in [-0.25, -0.2) is 4.98 Å². The smallest absolute Gasteiger partial charge is 0.238 e. The van der Waals surface area contributed by atoms with Crippen molar-refractivity contribution in [3.8, 4) is 51.0 Å². The van der Waals surface area contributed by atoms with E-state index in [0.717, 1.165) is 77.1 Å². The lowest BCUT2D eigenvalue weighted by atomic mass is 10.0. The number of furan rings is 1. The van der Waals surface area contributed by atoms with Gasteiger partial charge in [-0.15, -0.1) is 0 Å². The summed E-state index contributed by atoms with van der Waals surface area (Å²) >= 11 is 0. The topological polar surface area (TPSA) is 56.7 Å². The quantitative estimate of drug-likeness (QED) is 0.188. The van der Waals surface area contributed by atoms with Crippen LogP contribution in [0.5, 0.6) is 0 Å². The molecule has 3 heterocycles. The number of hydrogen-bond donors (Lipinski definition) is 0. The Morgan fingerprint density at radius 3 is 1.58 bits per heavy atom. The van der Waals surface area contributed by atoms with Crippen LogP contribution in [0.3, 0.4) is 0 Å². The minimum Gasteiger partial charge on any atom is -0.454 e. The van der Waals surface area contributed by atoms with Crippen LogP contribution in [0.1, 0.15) is 0 Å². The molecule has 5 heteroatoms. The zero-order valence-electron chi connectivity index (χ0n) is 26.9. The van der Waals surface area contributed by atoms with Gasteiger partial charge in [0, 0.05) is 32.7 Å². The van der Waals surface area contributed by atoms with Crippen LogP contribution in [0, 0.1) is 0 Å². The molecule has 10 rings (SSSR count). The monoisotopic (exact) mass is 640 g/mol. The Labute approximate surface area is 287 Å².